The minimum Gasteiger partial charge on any atom is -0.465 e. The van der Waals surface area contributed by atoms with Gasteiger partial charge < -0.3 is 19.2 Å². The molecule has 1 aliphatic heterocycles. The molecule has 0 fully saturated rings. The molecule has 0 bridgehead atoms. The van der Waals surface area contributed by atoms with Crippen molar-refractivity contribution in [3.05, 3.63) is 34.1 Å². The maximum Gasteiger partial charge on any atom is 0.586 e. The highest BCUT2D eigenvalue weighted by molar-refractivity contribution is 5.94. The molecule has 20 heavy (non-hydrogen) atoms. The van der Waals surface area contributed by atoms with Gasteiger partial charge in [-0.15, -0.1) is 8.78 Å². The van der Waals surface area contributed by atoms with Crippen LogP contribution in [0.5, 0.6) is 11.5 Å². The Hall–Kier alpha value is -2.64. The van der Waals surface area contributed by atoms with E-state index in [1.807, 2.05) is 0 Å². The highest BCUT2D eigenvalue weighted by Crippen LogP contribution is 2.42. The molecular weight excluding hydrogens is 276 g/mol. The largest absolute Gasteiger partial charge is 0.586 e. The van der Waals surface area contributed by atoms with Gasteiger partial charge in [0.15, 0.2) is 11.5 Å². The van der Waals surface area contributed by atoms with Crippen LogP contribution in [0.1, 0.15) is 10.4 Å². The molecule has 1 aliphatic rings. The van der Waals surface area contributed by atoms with Gasteiger partial charge in [-0.05, 0) is 6.07 Å². The van der Waals surface area contributed by atoms with E-state index in [2.05, 4.69) is 19.2 Å². The average Bonchev–Trinajstić information content (AvgIpc) is 2.69. The van der Waals surface area contributed by atoms with E-state index in [0.717, 1.165) is 19.4 Å². The van der Waals surface area contributed by atoms with Crippen LogP contribution in [0.4, 0.5) is 8.78 Å². The van der Waals surface area contributed by atoms with Gasteiger partial charge in [0.1, 0.15) is 5.56 Å². The van der Waals surface area contributed by atoms with Gasteiger partial charge in [-0.25, -0.2) is 4.79 Å². The number of carbonyl (C=O) groups excluding carboxylic acids is 1. The predicted molar refractivity (Wildman–Crippen MR) is 62.1 cm³/mol. The lowest BCUT2D eigenvalue weighted by atomic mass is 10.1. The Bertz CT molecular complexity index is 783. The summed E-state index contributed by atoms with van der Waals surface area (Å²) >= 11 is 0. The van der Waals surface area contributed by atoms with E-state index >= 15 is 0 Å². The number of hydrogen-bond acceptors (Lipinski definition) is 5. The van der Waals surface area contributed by atoms with Crippen LogP contribution in [0.25, 0.3) is 10.9 Å². The van der Waals surface area contributed by atoms with Crippen molar-refractivity contribution < 1.29 is 27.8 Å². The SMILES string of the molecule is COC(=O)c1c[nH]c2cc3c(cc2c1=O)OC(F)(F)O3. The van der Waals surface area contributed by atoms with Crippen molar-refractivity contribution in [3.63, 3.8) is 0 Å². The van der Waals surface area contributed by atoms with E-state index in [9.17, 15) is 18.4 Å². The summed E-state index contributed by atoms with van der Waals surface area (Å²) in [7, 11) is 1.13. The Kier molecular flexibility index (Phi) is 2.43. The first-order chi connectivity index (χ1) is 9.41. The van der Waals surface area contributed by atoms with Crippen LogP contribution in [0.15, 0.2) is 23.1 Å². The Labute approximate surface area is 109 Å². The molecule has 0 unspecified atom stereocenters. The Morgan fingerprint density at radius 3 is 2.60 bits per heavy atom. The molecule has 0 spiro atoms. The van der Waals surface area contributed by atoms with Gasteiger partial charge in [-0.3, -0.25) is 4.79 Å². The van der Waals surface area contributed by atoms with Crippen molar-refractivity contribution in [2.45, 2.75) is 6.29 Å². The third-order valence-corrected chi connectivity index (χ3v) is 2.81. The van der Waals surface area contributed by atoms with E-state index in [-0.39, 0.29) is 28.0 Å². The normalized spacial score (nSPS) is 15.3. The number of carbonyl (C=O) groups is 1. The molecule has 1 N–H and O–H groups in total. The number of fused-ring (bicyclic) bond motifs is 2. The summed E-state index contributed by atoms with van der Waals surface area (Å²) in [6.45, 7) is 0. The van der Waals surface area contributed by atoms with Crippen molar-refractivity contribution >= 4 is 16.9 Å². The summed E-state index contributed by atoms with van der Waals surface area (Å²) < 4.78 is 38.9. The van der Waals surface area contributed by atoms with Gasteiger partial charge in [0.2, 0.25) is 5.43 Å². The highest BCUT2D eigenvalue weighted by Gasteiger charge is 2.43. The fourth-order valence-electron chi connectivity index (χ4n) is 1.93. The second-order valence-corrected chi connectivity index (χ2v) is 4.04. The summed E-state index contributed by atoms with van der Waals surface area (Å²) in [5.74, 6) is -1.28. The van der Waals surface area contributed by atoms with Crippen molar-refractivity contribution in [1.82, 2.24) is 4.98 Å². The van der Waals surface area contributed by atoms with E-state index in [1.54, 1.807) is 0 Å². The molecule has 0 saturated carbocycles. The van der Waals surface area contributed by atoms with Crippen LogP contribution in [-0.2, 0) is 4.74 Å². The summed E-state index contributed by atoms with van der Waals surface area (Å²) in [6, 6.07) is 2.30. The molecule has 8 heteroatoms. The van der Waals surface area contributed by atoms with Crippen molar-refractivity contribution in [3.8, 4) is 11.5 Å². The maximum absolute atomic E-state index is 12.9. The summed E-state index contributed by atoms with van der Waals surface area (Å²) in [4.78, 5) is 26.1. The van der Waals surface area contributed by atoms with Gasteiger partial charge >= 0.3 is 12.3 Å². The van der Waals surface area contributed by atoms with Crippen LogP contribution in [0.2, 0.25) is 0 Å². The fourth-order valence-corrected chi connectivity index (χ4v) is 1.93. The van der Waals surface area contributed by atoms with Gasteiger partial charge in [-0.1, -0.05) is 0 Å². The Balaban J connectivity index is 2.23. The van der Waals surface area contributed by atoms with E-state index in [4.69, 9.17) is 0 Å². The van der Waals surface area contributed by atoms with Crippen molar-refractivity contribution in [1.29, 1.82) is 0 Å². The number of esters is 1. The molecule has 0 saturated heterocycles. The number of aromatic amines is 1. The molecular formula is C12H7F2NO5. The smallest absolute Gasteiger partial charge is 0.465 e. The molecule has 2 heterocycles. The standard InChI is InChI=1S/C12H7F2NO5/c1-18-11(17)6-4-15-7-3-9-8(2-5(7)10(6)16)19-12(13,14)20-9/h2-4H,1H3,(H,15,16). The lowest BCUT2D eigenvalue weighted by molar-refractivity contribution is -0.286. The summed E-state index contributed by atoms with van der Waals surface area (Å²) in [5.41, 5.74) is -0.638. The Morgan fingerprint density at radius 1 is 1.30 bits per heavy atom. The van der Waals surface area contributed by atoms with Crippen LogP contribution < -0.4 is 14.9 Å². The number of benzene rings is 1. The number of nitrogens with one attached hydrogen (secondary N) is 1. The number of H-pyrrole nitrogens is 1. The topological polar surface area (TPSA) is 77.6 Å². The molecule has 0 radical (unpaired) electrons. The monoisotopic (exact) mass is 283 g/mol. The number of halogens is 2. The summed E-state index contributed by atoms with van der Waals surface area (Å²) in [6.07, 6.45) is -2.62. The zero-order chi connectivity index (χ0) is 14.5. The zero-order valence-corrected chi connectivity index (χ0v) is 10.0. The second-order valence-electron chi connectivity index (χ2n) is 4.04. The average molecular weight is 283 g/mol. The van der Waals surface area contributed by atoms with Gasteiger partial charge in [0.05, 0.1) is 18.0 Å². The minimum absolute atomic E-state index is 0.0212. The third kappa shape index (κ3) is 1.77. The number of aromatic nitrogens is 1. The molecule has 0 amide bonds. The quantitative estimate of drug-likeness (QED) is 0.805. The molecule has 3 rings (SSSR count). The first-order valence-corrected chi connectivity index (χ1v) is 5.45. The first-order valence-electron chi connectivity index (χ1n) is 5.45. The maximum atomic E-state index is 12.9. The minimum atomic E-state index is -3.77. The molecule has 104 valence electrons. The van der Waals surface area contributed by atoms with Gasteiger partial charge in [0.25, 0.3) is 0 Å². The lowest BCUT2D eigenvalue weighted by Crippen LogP contribution is -2.25. The molecule has 2 aromatic rings. The number of hydrogen-bond donors (Lipinski definition) is 1. The molecule has 6 nitrogen and oxygen atoms in total. The van der Waals surface area contributed by atoms with Crippen molar-refractivity contribution in [2.75, 3.05) is 7.11 Å². The van der Waals surface area contributed by atoms with E-state index < -0.39 is 17.7 Å². The Morgan fingerprint density at radius 2 is 1.95 bits per heavy atom. The fraction of sp³-hybridized carbons (Fsp3) is 0.167. The van der Waals surface area contributed by atoms with Crippen LogP contribution in [-0.4, -0.2) is 24.4 Å². The molecule has 0 aliphatic carbocycles. The highest BCUT2D eigenvalue weighted by atomic mass is 19.3. The first kappa shape index (κ1) is 12.4. The van der Waals surface area contributed by atoms with E-state index in [0.29, 0.717) is 0 Å². The lowest BCUT2D eigenvalue weighted by Gasteiger charge is -2.04. The number of rotatable bonds is 1. The zero-order valence-electron chi connectivity index (χ0n) is 10.0. The van der Waals surface area contributed by atoms with Gasteiger partial charge in [-0.2, -0.15) is 0 Å². The number of methoxy groups -OCH3 is 1. The molecule has 1 aromatic heterocycles. The number of ether oxygens (including phenoxy) is 3. The number of alkyl halides is 2. The van der Waals surface area contributed by atoms with Crippen LogP contribution >= 0.6 is 0 Å². The summed E-state index contributed by atoms with van der Waals surface area (Å²) in [5, 5.41) is 0.0212. The van der Waals surface area contributed by atoms with Crippen LogP contribution in [0, 0.1) is 0 Å². The second kappa shape index (κ2) is 3.92. The predicted octanol–water partition coefficient (Wildman–Crippen LogP) is 1.64. The van der Waals surface area contributed by atoms with Crippen molar-refractivity contribution in [2.24, 2.45) is 0 Å². The van der Waals surface area contributed by atoms with Crippen LogP contribution in [0.3, 0.4) is 0 Å². The molecule has 0 atom stereocenters. The van der Waals surface area contributed by atoms with E-state index in [1.165, 1.54) is 6.07 Å². The number of pyridine rings is 1. The third-order valence-electron chi connectivity index (χ3n) is 2.81. The molecule has 1 aromatic carbocycles. The van der Waals surface area contributed by atoms with Gasteiger partial charge in [0, 0.05) is 12.3 Å².